The molecule has 3 aromatic rings. The Morgan fingerprint density at radius 3 is 2.30 bits per heavy atom. The Morgan fingerprint density at radius 2 is 1.63 bits per heavy atom. The van der Waals surface area contributed by atoms with Crippen LogP contribution in [0, 0.1) is 5.82 Å². The molecule has 0 aliphatic carbocycles. The zero-order valence-electron chi connectivity index (χ0n) is 14.2. The molecule has 3 heterocycles. The van der Waals surface area contributed by atoms with Crippen molar-refractivity contribution in [2.24, 2.45) is 0 Å². The third kappa shape index (κ3) is 3.31. The van der Waals surface area contributed by atoms with Gasteiger partial charge in [0.05, 0.1) is 11.8 Å². The first-order chi connectivity index (χ1) is 13.1. The van der Waals surface area contributed by atoms with Crippen LogP contribution in [0.1, 0.15) is 21.2 Å². The van der Waals surface area contributed by atoms with Gasteiger partial charge in [-0.2, -0.15) is 0 Å². The number of hydrogen-bond donors (Lipinski definition) is 0. The molecule has 1 aromatic carbocycles. The second-order valence-electron chi connectivity index (χ2n) is 5.95. The number of piperazine rings is 1. The Kier molecular flexibility index (Phi) is 4.41. The van der Waals surface area contributed by atoms with Gasteiger partial charge in [0.25, 0.3) is 11.8 Å². The fourth-order valence-electron chi connectivity index (χ4n) is 2.86. The quantitative estimate of drug-likeness (QED) is 0.701. The summed E-state index contributed by atoms with van der Waals surface area (Å²) in [6.07, 6.45) is 1.44. The second kappa shape index (κ2) is 7.02. The van der Waals surface area contributed by atoms with E-state index in [4.69, 9.17) is 8.83 Å². The van der Waals surface area contributed by atoms with Crippen molar-refractivity contribution in [2.75, 3.05) is 26.2 Å². The normalized spacial score (nSPS) is 14.4. The molecule has 2 amide bonds. The smallest absolute Gasteiger partial charge is 0.311 e. The highest BCUT2D eigenvalue weighted by Crippen LogP contribution is 2.21. The Labute approximate surface area is 153 Å². The minimum atomic E-state index is -0.509. The number of carbonyl (C=O) groups excluding carboxylic acids is 2. The van der Waals surface area contributed by atoms with E-state index in [0.29, 0.717) is 26.2 Å². The fourth-order valence-corrected chi connectivity index (χ4v) is 2.86. The largest absolute Gasteiger partial charge is 0.459 e. The lowest BCUT2D eigenvalue weighted by atomic mass is 10.2. The molecule has 0 atom stereocenters. The number of aromatic nitrogens is 2. The Balaban J connectivity index is 1.41. The second-order valence-corrected chi connectivity index (χ2v) is 5.95. The van der Waals surface area contributed by atoms with E-state index >= 15 is 0 Å². The Morgan fingerprint density at radius 1 is 0.926 bits per heavy atom. The van der Waals surface area contributed by atoms with E-state index in [9.17, 15) is 14.0 Å². The lowest BCUT2D eigenvalue weighted by Crippen LogP contribution is -2.50. The zero-order valence-corrected chi connectivity index (χ0v) is 14.2. The van der Waals surface area contributed by atoms with Gasteiger partial charge in [-0.3, -0.25) is 9.59 Å². The highest BCUT2D eigenvalue weighted by Gasteiger charge is 2.29. The van der Waals surface area contributed by atoms with Crippen molar-refractivity contribution >= 4 is 11.8 Å². The molecule has 0 N–H and O–H groups in total. The molecule has 0 saturated carbocycles. The van der Waals surface area contributed by atoms with E-state index < -0.39 is 11.7 Å². The van der Waals surface area contributed by atoms with Crippen LogP contribution in [0.4, 0.5) is 4.39 Å². The van der Waals surface area contributed by atoms with Gasteiger partial charge in [-0.25, -0.2) is 4.39 Å². The minimum Gasteiger partial charge on any atom is -0.459 e. The van der Waals surface area contributed by atoms with Gasteiger partial charge in [0.1, 0.15) is 5.82 Å². The van der Waals surface area contributed by atoms with Crippen molar-refractivity contribution < 1.29 is 22.8 Å². The monoisotopic (exact) mass is 370 g/mol. The molecule has 0 bridgehead atoms. The van der Waals surface area contributed by atoms with Crippen LogP contribution in [0.2, 0.25) is 0 Å². The van der Waals surface area contributed by atoms with Crippen molar-refractivity contribution in [2.45, 2.75) is 0 Å². The lowest BCUT2D eigenvalue weighted by molar-refractivity contribution is 0.0498. The molecular weight excluding hydrogens is 355 g/mol. The number of halogens is 1. The first kappa shape index (κ1) is 17.0. The number of amides is 2. The van der Waals surface area contributed by atoms with Gasteiger partial charge in [0.2, 0.25) is 0 Å². The summed E-state index contributed by atoms with van der Waals surface area (Å²) in [5.74, 6) is -1.17. The number of furan rings is 1. The summed E-state index contributed by atoms with van der Waals surface area (Å²) in [6, 6.07) is 9.20. The summed E-state index contributed by atoms with van der Waals surface area (Å²) in [4.78, 5) is 27.9. The number of carbonyl (C=O) groups is 2. The average molecular weight is 370 g/mol. The highest BCUT2D eigenvalue weighted by atomic mass is 19.1. The van der Waals surface area contributed by atoms with Crippen molar-refractivity contribution in [1.29, 1.82) is 0 Å². The van der Waals surface area contributed by atoms with Gasteiger partial charge in [-0.15, -0.1) is 10.2 Å². The molecule has 27 heavy (non-hydrogen) atoms. The van der Waals surface area contributed by atoms with Crippen LogP contribution < -0.4 is 0 Å². The molecule has 8 nitrogen and oxygen atoms in total. The molecule has 1 aliphatic rings. The van der Waals surface area contributed by atoms with E-state index in [-0.39, 0.29) is 29.0 Å². The predicted octanol–water partition coefficient (Wildman–Crippen LogP) is 2.07. The van der Waals surface area contributed by atoms with Crippen LogP contribution in [0.5, 0.6) is 0 Å². The first-order valence-corrected chi connectivity index (χ1v) is 8.34. The van der Waals surface area contributed by atoms with E-state index in [1.165, 1.54) is 23.3 Å². The number of nitrogens with zero attached hydrogens (tertiary/aromatic N) is 4. The van der Waals surface area contributed by atoms with E-state index in [1.807, 2.05) is 0 Å². The number of benzene rings is 1. The zero-order chi connectivity index (χ0) is 18.8. The topological polar surface area (TPSA) is 92.7 Å². The SMILES string of the molecule is O=C(c1ccco1)N1CCN(C(=O)c2nnc(-c3ccccc3F)o2)CC1. The molecule has 9 heteroatoms. The summed E-state index contributed by atoms with van der Waals surface area (Å²) in [5.41, 5.74) is 0.137. The first-order valence-electron chi connectivity index (χ1n) is 8.34. The standard InChI is InChI=1S/C18H15FN4O4/c19-13-5-2-1-4-12(13)15-20-21-16(27-15)18(25)23-9-7-22(8-10-23)17(24)14-6-3-11-26-14/h1-6,11H,7-10H2. The van der Waals surface area contributed by atoms with E-state index in [0.717, 1.165) is 0 Å². The maximum absolute atomic E-state index is 13.8. The molecular formula is C18H15FN4O4. The van der Waals surface area contributed by atoms with Crippen molar-refractivity contribution in [3.63, 3.8) is 0 Å². The molecule has 138 valence electrons. The summed E-state index contributed by atoms with van der Waals surface area (Å²) < 4.78 is 24.3. The van der Waals surface area contributed by atoms with Crippen LogP contribution in [0.15, 0.2) is 51.5 Å². The number of hydrogen-bond acceptors (Lipinski definition) is 6. The fraction of sp³-hybridized carbons (Fsp3) is 0.222. The van der Waals surface area contributed by atoms with Crippen LogP contribution in [-0.2, 0) is 0 Å². The number of rotatable bonds is 3. The van der Waals surface area contributed by atoms with E-state index in [2.05, 4.69) is 10.2 Å². The molecule has 0 unspecified atom stereocenters. The third-order valence-corrected chi connectivity index (χ3v) is 4.30. The average Bonchev–Trinajstić information content (AvgIpc) is 3.39. The van der Waals surface area contributed by atoms with Gasteiger partial charge in [-0.05, 0) is 24.3 Å². The van der Waals surface area contributed by atoms with Gasteiger partial charge in [0, 0.05) is 26.2 Å². The Bertz CT molecular complexity index is 961. The molecule has 0 radical (unpaired) electrons. The van der Waals surface area contributed by atoms with Crippen LogP contribution >= 0.6 is 0 Å². The summed E-state index contributed by atoms with van der Waals surface area (Å²) in [6.45, 7) is 1.37. The van der Waals surface area contributed by atoms with Gasteiger partial charge >= 0.3 is 11.8 Å². The minimum absolute atomic E-state index is 0.0527. The summed E-state index contributed by atoms with van der Waals surface area (Å²) in [5, 5.41) is 7.49. The van der Waals surface area contributed by atoms with Gasteiger partial charge < -0.3 is 18.6 Å². The van der Waals surface area contributed by atoms with Crippen molar-refractivity contribution in [3.05, 3.63) is 60.1 Å². The summed E-state index contributed by atoms with van der Waals surface area (Å²) in [7, 11) is 0. The molecule has 4 rings (SSSR count). The Hall–Kier alpha value is -3.49. The highest BCUT2D eigenvalue weighted by molar-refractivity contribution is 5.92. The van der Waals surface area contributed by atoms with Crippen molar-refractivity contribution in [1.82, 2.24) is 20.0 Å². The van der Waals surface area contributed by atoms with Crippen LogP contribution in [0.3, 0.4) is 0 Å². The molecule has 1 saturated heterocycles. The van der Waals surface area contributed by atoms with E-state index in [1.54, 1.807) is 29.2 Å². The predicted molar refractivity (Wildman–Crippen MR) is 90.2 cm³/mol. The maximum atomic E-state index is 13.8. The summed E-state index contributed by atoms with van der Waals surface area (Å²) >= 11 is 0. The van der Waals surface area contributed by atoms with Gasteiger partial charge in [0.15, 0.2) is 5.76 Å². The van der Waals surface area contributed by atoms with Gasteiger partial charge in [-0.1, -0.05) is 12.1 Å². The third-order valence-electron chi connectivity index (χ3n) is 4.30. The van der Waals surface area contributed by atoms with Crippen LogP contribution in [0.25, 0.3) is 11.5 Å². The van der Waals surface area contributed by atoms with Crippen molar-refractivity contribution in [3.8, 4) is 11.5 Å². The van der Waals surface area contributed by atoms with Crippen LogP contribution in [-0.4, -0.2) is 58.0 Å². The molecule has 2 aromatic heterocycles. The molecule has 1 aliphatic heterocycles. The lowest BCUT2D eigenvalue weighted by Gasteiger charge is -2.33. The maximum Gasteiger partial charge on any atom is 0.311 e. The molecule has 0 spiro atoms. The molecule has 1 fully saturated rings.